The van der Waals surface area contributed by atoms with Gasteiger partial charge in [-0.25, -0.2) is 0 Å². The zero-order valence-electron chi connectivity index (χ0n) is 20.7. The minimum absolute atomic E-state index is 0.00275. The summed E-state index contributed by atoms with van der Waals surface area (Å²) in [6.07, 6.45) is 6.18. The molecule has 0 radical (unpaired) electrons. The number of carbonyl (C=O) groups is 4. The van der Waals surface area contributed by atoms with Crippen molar-refractivity contribution in [3.63, 3.8) is 0 Å². The number of carbonyl (C=O) groups excluding carboxylic acids is 3. The second-order valence-corrected chi connectivity index (χ2v) is 11.5. The van der Waals surface area contributed by atoms with Crippen molar-refractivity contribution in [3.05, 3.63) is 23.8 Å². The van der Waals surface area contributed by atoms with E-state index in [0.29, 0.717) is 6.42 Å². The van der Waals surface area contributed by atoms with Crippen LogP contribution in [0.3, 0.4) is 0 Å². The Morgan fingerprint density at radius 2 is 1.91 bits per heavy atom. The quantitative estimate of drug-likeness (QED) is 0.465. The molecule has 0 amide bonds. The number of ether oxygens (including phenoxy) is 1. The molecule has 8 heteroatoms. The number of hydrogen-bond donors (Lipinski definition) is 3. The van der Waals surface area contributed by atoms with Crippen molar-refractivity contribution >= 4 is 23.5 Å². The number of rotatable bonds is 7. The number of carboxylic acids is 1. The molecule has 192 valence electrons. The zero-order valence-corrected chi connectivity index (χ0v) is 20.7. The molecular weight excluding hydrogens is 452 g/mol. The maximum Gasteiger partial charge on any atom is 0.306 e. The summed E-state index contributed by atoms with van der Waals surface area (Å²) in [6.45, 7) is 5.48. The largest absolute Gasteiger partial charge is 0.481 e. The van der Waals surface area contributed by atoms with Crippen LogP contribution in [0.15, 0.2) is 23.8 Å². The lowest BCUT2D eigenvalue weighted by atomic mass is 9.45. The van der Waals surface area contributed by atoms with Crippen LogP contribution < -0.4 is 0 Å². The Labute approximate surface area is 205 Å². The minimum Gasteiger partial charge on any atom is -0.481 e. The van der Waals surface area contributed by atoms with Crippen LogP contribution in [-0.4, -0.2) is 57.1 Å². The van der Waals surface area contributed by atoms with Gasteiger partial charge in [-0.1, -0.05) is 32.4 Å². The summed E-state index contributed by atoms with van der Waals surface area (Å²) < 4.78 is 5.08. The van der Waals surface area contributed by atoms with E-state index < -0.39 is 46.9 Å². The van der Waals surface area contributed by atoms with Crippen LogP contribution in [-0.2, 0) is 23.9 Å². The van der Waals surface area contributed by atoms with Crippen LogP contribution >= 0.6 is 0 Å². The van der Waals surface area contributed by atoms with Gasteiger partial charge in [-0.2, -0.15) is 0 Å². The smallest absolute Gasteiger partial charge is 0.306 e. The van der Waals surface area contributed by atoms with Crippen LogP contribution in [0.5, 0.6) is 0 Å². The number of aliphatic hydroxyl groups is 2. The first-order chi connectivity index (χ1) is 16.3. The Bertz CT molecular complexity index is 997. The lowest BCUT2D eigenvalue weighted by molar-refractivity contribution is -0.182. The first-order valence-electron chi connectivity index (χ1n) is 12.6. The predicted molar refractivity (Wildman–Crippen MR) is 125 cm³/mol. The Hall–Kier alpha value is -2.32. The highest BCUT2D eigenvalue weighted by Crippen LogP contribution is 2.67. The molecule has 0 spiro atoms. The van der Waals surface area contributed by atoms with Gasteiger partial charge in [0.2, 0.25) is 5.78 Å². The molecule has 4 aliphatic rings. The summed E-state index contributed by atoms with van der Waals surface area (Å²) in [5.41, 5.74) is -1.99. The highest BCUT2D eigenvalue weighted by atomic mass is 16.5. The molecule has 3 saturated carbocycles. The summed E-state index contributed by atoms with van der Waals surface area (Å²) in [6, 6.07) is 0. The van der Waals surface area contributed by atoms with Crippen LogP contribution in [0.25, 0.3) is 0 Å². The van der Waals surface area contributed by atoms with Crippen molar-refractivity contribution in [2.45, 2.75) is 77.4 Å². The minimum atomic E-state index is -1.72. The molecular formula is C27H36O8. The summed E-state index contributed by atoms with van der Waals surface area (Å²) >= 11 is 0. The number of esters is 1. The third-order valence-corrected chi connectivity index (χ3v) is 9.57. The number of allylic oxidation sites excluding steroid dienone is 4. The molecule has 8 atom stereocenters. The predicted octanol–water partition coefficient (Wildman–Crippen LogP) is 2.61. The monoisotopic (exact) mass is 488 g/mol. The highest BCUT2D eigenvalue weighted by molar-refractivity contribution is 6.01. The Kier molecular flexibility index (Phi) is 6.60. The molecule has 0 heterocycles. The van der Waals surface area contributed by atoms with Gasteiger partial charge < -0.3 is 20.1 Å². The van der Waals surface area contributed by atoms with Gasteiger partial charge in [-0.15, -0.1) is 0 Å². The van der Waals surface area contributed by atoms with E-state index in [9.17, 15) is 29.4 Å². The Morgan fingerprint density at radius 3 is 2.60 bits per heavy atom. The van der Waals surface area contributed by atoms with E-state index in [0.717, 1.165) is 12.0 Å². The lowest BCUT2D eigenvalue weighted by Gasteiger charge is -2.60. The average molecular weight is 489 g/mol. The van der Waals surface area contributed by atoms with Crippen LogP contribution in [0.1, 0.15) is 65.7 Å². The molecule has 0 aromatic rings. The van der Waals surface area contributed by atoms with Crippen molar-refractivity contribution < 1.29 is 39.2 Å². The average Bonchev–Trinajstić information content (AvgIpc) is 3.04. The number of hydrogen-bond acceptors (Lipinski definition) is 7. The van der Waals surface area contributed by atoms with Crippen molar-refractivity contribution in [2.75, 3.05) is 6.61 Å². The van der Waals surface area contributed by atoms with E-state index >= 15 is 0 Å². The van der Waals surface area contributed by atoms with Gasteiger partial charge >= 0.3 is 11.9 Å². The molecule has 3 fully saturated rings. The van der Waals surface area contributed by atoms with E-state index in [1.54, 1.807) is 12.2 Å². The van der Waals surface area contributed by atoms with Crippen molar-refractivity contribution in [2.24, 2.45) is 34.5 Å². The highest BCUT2D eigenvalue weighted by Gasteiger charge is 2.68. The molecule has 0 aliphatic heterocycles. The maximum absolute atomic E-state index is 13.2. The maximum atomic E-state index is 13.2. The fourth-order valence-electron chi connectivity index (χ4n) is 7.93. The first-order valence-corrected chi connectivity index (χ1v) is 12.6. The summed E-state index contributed by atoms with van der Waals surface area (Å²) in [5.74, 6) is -2.18. The molecule has 0 aromatic heterocycles. The SMILES string of the molecule is C[C@H]1C[C@@H]2[C@H]([C@@H](O)C[C@@]3(C)[C@H]2CC[C@]3(O)C(=O)COC(=O)CCCC(=O)O)[C@@]2(C)C=CC(=O)C=C12. The fraction of sp³-hybridized carbons (Fsp3) is 0.704. The van der Waals surface area contributed by atoms with E-state index in [1.807, 2.05) is 13.0 Å². The summed E-state index contributed by atoms with van der Waals surface area (Å²) in [4.78, 5) is 47.9. The van der Waals surface area contributed by atoms with E-state index in [-0.39, 0.29) is 61.6 Å². The van der Waals surface area contributed by atoms with Crippen LogP contribution in [0.4, 0.5) is 0 Å². The Morgan fingerprint density at radius 1 is 1.20 bits per heavy atom. The van der Waals surface area contributed by atoms with Gasteiger partial charge in [0, 0.05) is 29.6 Å². The summed E-state index contributed by atoms with van der Waals surface area (Å²) in [7, 11) is 0. The van der Waals surface area contributed by atoms with Crippen molar-refractivity contribution in [3.8, 4) is 0 Å². The second-order valence-electron chi connectivity index (χ2n) is 11.5. The molecule has 4 rings (SSSR count). The zero-order chi connectivity index (χ0) is 25.8. The van der Waals surface area contributed by atoms with Crippen LogP contribution in [0.2, 0.25) is 0 Å². The molecule has 4 aliphatic carbocycles. The first kappa shape index (κ1) is 25.8. The molecule has 35 heavy (non-hydrogen) atoms. The molecule has 3 N–H and O–H groups in total. The number of fused-ring (bicyclic) bond motifs is 5. The van der Waals surface area contributed by atoms with Gasteiger partial charge in [-0.05, 0) is 62.0 Å². The molecule has 0 saturated heterocycles. The van der Waals surface area contributed by atoms with Crippen LogP contribution in [0, 0.1) is 34.5 Å². The van der Waals surface area contributed by atoms with Gasteiger partial charge in [-0.3, -0.25) is 19.2 Å². The third kappa shape index (κ3) is 4.08. The van der Waals surface area contributed by atoms with Gasteiger partial charge in [0.25, 0.3) is 0 Å². The standard InChI is InChI=1S/C27H36O8/c1-15-11-17-18-8-10-27(34,21(30)14-35-23(33)6-4-5-22(31)32)26(18,3)13-20(29)24(17)25(2)9-7-16(28)12-19(15)25/h7,9,12,15,17-18,20,24,29,34H,4-6,8,10-11,13-14H2,1-3H3,(H,31,32)/t15-,17-,18-,20-,24+,25-,26-,27-/m0/s1. The molecule has 0 unspecified atom stereocenters. The lowest BCUT2D eigenvalue weighted by Crippen LogP contribution is -2.62. The van der Waals surface area contributed by atoms with Gasteiger partial charge in [0.15, 0.2) is 12.4 Å². The number of carboxylic acid groups (broad SMARTS) is 1. The van der Waals surface area contributed by atoms with E-state index in [2.05, 4.69) is 13.8 Å². The van der Waals surface area contributed by atoms with E-state index in [1.165, 1.54) is 0 Å². The van der Waals surface area contributed by atoms with E-state index in [4.69, 9.17) is 9.84 Å². The number of aliphatic carboxylic acids is 1. The second kappa shape index (κ2) is 8.96. The number of ketones is 2. The number of aliphatic hydroxyl groups excluding tert-OH is 1. The third-order valence-electron chi connectivity index (χ3n) is 9.57. The van der Waals surface area contributed by atoms with Gasteiger partial charge in [0.05, 0.1) is 6.10 Å². The van der Waals surface area contributed by atoms with Gasteiger partial charge in [0.1, 0.15) is 5.60 Å². The number of Topliss-reactive ketones (excluding diaryl/α,β-unsaturated/α-hetero) is 1. The molecule has 0 bridgehead atoms. The van der Waals surface area contributed by atoms with Crippen molar-refractivity contribution in [1.82, 2.24) is 0 Å². The fourth-order valence-corrected chi connectivity index (χ4v) is 7.93. The normalized spacial score (nSPS) is 41.9. The molecule has 0 aromatic carbocycles. The molecule has 8 nitrogen and oxygen atoms in total. The topological polar surface area (TPSA) is 138 Å². The Balaban J connectivity index is 1.52. The summed E-state index contributed by atoms with van der Waals surface area (Å²) in [5, 5.41) is 31.8. The van der Waals surface area contributed by atoms with Crippen molar-refractivity contribution in [1.29, 1.82) is 0 Å².